The molecule has 0 radical (unpaired) electrons. The van der Waals surface area contributed by atoms with Gasteiger partial charge in [0.25, 0.3) is 5.91 Å². The molecule has 0 unspecified atom stereocenters. The highest BCUT2D eigenvalue weighted by atomic mass is 35.5. The maximum absolute atomic E-state index is 12.5. The molecule has 118 heavy (non-hydrogen) atoms. The Balaban J connectivity index is 0.000000129. The molecule has 0 fully saturated rings. The van der Waals surface area contributed by atoms with Crippen molar-refractivity contribution < 1.29 is 57.9 Å². The van der Waals surface area contributed by atoms with Gasteiger partial charge in [-0.2, -0.15) is 0 Å². The number of carbonyl (C=O) groups is 3. The number of phenolic OH excluding ortho intramolecular Hbond substituents is 4. The molecule has 8 aromatic heterocycles. The summed E-state index contributed by atoms with van der Waals surface area (Å²) in [6.07, 6.45) is 5.06. The number of halogens is 2. The molecule has 0 aliphatic carbocycles. The van der Waals surface area contributed by atoms with E-state index in [0.717, 1.165) is 113 Å². The molecule has 0 atom stereocenters. The van der Waals surface area contributed by atoms with E-state index < -0.39 is 11.9 Å². The highest BCUT2D eigenvalue weighted by molar-refractivity contribution is 7.94. The van der Waals surface area contributed by atoms with Crippen LogP contribution in [-0.2, 0) is 58.3 Å². The van der Waals surface area contributed by atoms with Gasteiger partial charge in [-0.05, 0) is 184 Å². The smallest absolute Gasteiger partial charge is 0.333 e. The molecule has 0 saturated heterocycles. The van der Waals surface area contributed by atoms with Crippen LogP contribution in [0.2, 0.25) is 10.0 Å². The number of aromatic hydroxyl groups is 4. The van der Waals surface area contributed by atoms with Crippen molar-refractivity contribution in [2.45, 2.75) is 138 Å². The topological polar surface area (TPSA) is 237 Å². The number of amides is 1. The van der Waals surface area contributed by atoms with Crippen molar-refractivity contribution in [3.8, 4) is 57.2 Å². The van der Waals surface area contributed by atoms with Gasteiger partial charge in [-0.3, -0.25) is 4.79 Å². The van der Waals surface area contributed by atoms with Gasteiger partial charge in [0, 0.05) is 92.4 Å². The second kappa shape index (κ2) is 32.6. The van der Waals surface area contributed by atoms with Crippen LogP contribution in [-0.4, -0.2) is 127 Å². The van der Waals surface area contributed by atoms with Crippen LogP contribution in [0.1, 0.15) is 135 Å². The Bertz CT molecular complexity index is 6590. The van der Waals surface area contributed by atoms with Gasteiger partial charge in [-0.1, -0.05) is 147 Å². The van der Waals surface area contributed by atoms with Gasteiger partial charge in [0.2, 0.25) is 0 Å². The molecule has 17 aromatic rings. The van der Waals surface area contributed by atoms with Crippen LogP contribution in [0.15, 0.2) is 200 Å². The zero-order valence-electron chi connectivity index (χ0n) is 68.4. The van der Waals surface area contributed by atoms with Gasteiger partial charge >= 0.3 is 11.9 Å². The number of carbonyl (C=O) groups excluding carboxylic acids is 3. The summed E-state index contributed by atoms with van der Waals surface area (Å²) in [5.41, 5.74) is 19.2. The SMILES string of the molecule is C=C(C)C(=O)N(CC)c1cc(O)c(-n2n3c4ccc(SOCCCC)cc4n23)cc1C.C=C(C)C(=O)OCCc1cc(-n2n3c4ccc(Cl)cc4n23)c(O)c(C(C)(C)C)c1.C=C(C)C(=O)OCCc1cc(-n2n3c4ccc(OCC)cc4n23)c(O)c(C(C)(C)C)c1.C=Cc1ccc(COc2ccc(-n3n4c5ccc(Cl)cc5n34)c(O)c2)cc1. The molecule has 28 heteroatoms. The van der Waals surface area contributed by atoms with E-state index in [1.165, 1.54) is 12.0 Å². The molecule has 0 aliphatic rings. The minimum Gasteiger partial charge on any atom is -0.506 e. The van der Waals surface area contributed by atoms with Crippen molar-refractivity contribution in [1.29, 1.82) is 0 Å². The standard InChI is InChI=1S/C24H29N3O4.C23H28N4O3S.C22H24ClN3O3.C21H16ClN3O2/c1-7-30-17-8-9-19-20(14-17)26-25(19)27(26)21-13-16(10-11-31-23(29)15(2)3)12-18(22(21)28)24(4,5)6;1-6-8-11-30-31-17-9-10-18-20(13-17)26-25(18)27(26)21-12-16(5)19(14-22(21)28)24(7-2)23(29)15(3)4;1-13(2)21(28)29-9-8-14-10-16(22(3,4)5)20(27)19(11-14)26-24-17-7-6-15(23)12-18(17)25(24)26;1-2-14-3-5-15(6-4-14)13-27-17-8-10-19(21(26)12-17)24-23-18-9-7-16(22)11-20(18)25(23)24/h8-9,12-14,28H,2,7,10-11H2,1,3-6H3;9-10,12-14,28H,3,6-8,11H2,1-2,4-5H3;6-7,10-12,27H,1,8-9H2,2-5H3;2-12,26H,1,13H2. The molecule has 614 valence electrons. The van der Waals surface area contributed by atoms with Gasteiger partial charge in [0.05, 0.1) is 32.1 Å². The molecule has 0 aliphatic heterocycles. The fourth-order valence-electron chi connectivity index (χ4n) is 14.0. The number of nitrogens with zero attached hydrogens (tertiary/aromatic N) is 13. The Morgan fingerprint density at radius 2 is 0.932 bits per heavy atom. The third-order valence-electron chi connectivity index (χ3n) is 20.4. The van der Waals surface area contributed by atoms with Crippen LogP contribution >= 0.6 is 35.2 Å². The van der Waals surface area contributed by atoms with Crippen LogP contribution in [0.25, 0.3) is 73.0 Å². The average molecular weight is 1660 g/mol. The van der Waals surface area contributed by atoms with Crippen molar-refractivity contribution >= 4 is 109 Å². The van der Waals surface area contributed by atoms with E-state index in [2.05, 4.69) is 86.9 Å². The zero-order valence-corrected chi connectivity index (χ0v) is 70.8. The second-order valence-electron chi connectivity index (χ2n) is 31.4. The highest BCUT2D eigenvalue weighted by Crippen LogP contribution is 2.44. The predicted molar refractivity (Wildman–Crippen MR) is 465 cm³/mol. The summed E-state index contributed by atoms with van der Waals surface area (Å²) >= 11 is 13.6. The maximum Gasteiger partial charge on any atom is 0.333 e. The Morgan fingerprint density at radius 3 is 1.40 bits per heavy atom. The van der Waals surface area contributed by atoms with E-state index in [0.29, 0.717) is 93.6 Å². The number of fused-ring (bicyclic) bond motifs is 16. The highest BCUT2D eigenvalue weighted by Gasteiger charge is 2.34. The first-order valence-electron chi connectivity index (χ1n) is 39.0. The summed E-state index contributed by atoms with van der Waals surface area (Å²) in [5, 5.41) is 44.7. The Labute approximate surface area is 695 Å². The van der Waals surface area contributed by atoms with Crippen LogP contribution in [0, 0.1) is 6.92 Å². The minimum atomic E-state index is -0.395. The number of aromatic nitrogens is 12. The largest absolute Gasteiger partial charge is 0.506 e. The minimum absolute atomic E-state index is 0.117. The molecule has 25 nitrogen and oxygen atoms in total. The Hall–Kier alpha value is -12.4. The van der Waals surface area contributed by atoms with E-state index in [1.54, 1.807) is 43.9 Å². The van der Waals surface area contributed by atoms with Crippen molar-refractivity contribution in [3.63, 3.8) is 0 Å². The summed E-state index contributed by atoms with van der Waals surface area (Å²) in [5.74, 6) is 1.27. The number of phenols is 4. The number of anilines is 1. The van der Waals surface area contributed by atoms with Crippen LogP contribution in [0.5, 0.6) is 34.5 Å². The van der Waals surface area contributed by atoms with Gasteiger partial charge in [-0.15, -0.1) is 56.2 Å². The van der Waals surface area contributed by atoms with Crippen molar-refractivity contribution in [1.82, 2.24) is 56.2 Å². The number of unbranched alkanes of at least 4 members (excludes halogenated alkanes) is 1. The number of ether oxygens (including phenoxy) is 4. The predicted octanol–water partition coefficient (Wildman–Crippen LogP) is 19.4. The molecule has 17 rings (SSSR count). The van der Waals surface area contributed by atoms with Crippen molar-refractivity contribution in [3.05, 3.63) is 244 Å². The Kier molecular flexibility index (Phi) is 22.7. The van der Waals surface area contributed by atoms with Crippen molar-refractivity contribution in [2.24, 2.45) is 0 Å². The van der Waals surface area contributed by atoms with E-state index in [9.17, 15) is 34.8 Å². The number of hydrogen-bond acceptors (Lipinski definition) is 13. The molecule has 8 heterocycles. The first kappa shape index (κ1) is 82.2. The number of esters is 2. The van der Waals surface area contributed by atoms with Gasteiger partial charge in [-0.25, -0.2) is 9.59 Å². The normalized spacial score (nSPS) is 12.0. The molecule has 9 aromatic carbocycles. The van der Waals surface area contributed by atoms with Gasteiger partial charge in [0.15, 0.2) is 0 Å². The maximum atomic E-state index is 12.5. The molecule has 1 amide bonds. The zero-order chi connectivity index (χ0) is 84.4. The van der Waals surface area contributed by atoms with Crippen LogP contribution in [0.3, 0.4) is 0 Å². The number of benzene rings is 9. The molecule has 0 spiro atoms. The first-order chi connectivity index (χ1) is 56.3. The summed E-state index contributed by atoms with van der Waals surface area (Å²) < 4.78 is 43.4. The summed E-state index contributed by atoms with van der Waals surface area (Å²) in [6.45, 7) is 42.8. The fourth-order valence-corrected chi connectivity index (χ4v) is 15.0. The number of hydrogen-bond donors (Lipinski definition) is 4. The van der Waals surface area contributed by atoms with E-state index >= 15 is 0 Å². The summed E-state index contributed by atoms with van der Waals surface area (Å²) in [4.78, 5) is 46.2. The molecular formula is C90H97Cl2N13O12S. The van der Waals surface area contributed by atoms with Crippen LogP contribution in [0.4, 0.5) is 5.69 Å². The lowest BCUT2D eigenvalue weighted by Crippen LogP contribution is -2.31. The second-order valence-corrected chi connectivity index (χ2v) is 33.2. The van der Waals surface area contributed by atoms with Crippen LogP contribution < -0.4 is 14.4 Å². The number of likely N-dealkylation sites (N-methyl/N-ethyl adjacent to an activating group) is 1. The van der Waals surface area contributed by atoms with E-state index in [4.69, 9.17) is 46.3 Å². The Morgan fingerprint density at radius 1 is 0.483 bits per heavy atom. The molecule has 4 N–H and O–H groups in total. The lowest BCUT2D eigenvalue weighted by Gasteiger charge is -2.23. The summed E-state index contributed by atoms with van der Waals surface area (Å²) in [6, 6.07) is 48.3. The van der Waals surface area contributed by atoms with Gasteiger partial charge in [0.1, 0.15) is 108 Å². The quantitative estimate of drug-likeness (QED) is 0.0171. The third-order valence-corrected chi connectivity index (χ3v) is 21.6. The van der Waals surface area contributed by atoms with Gasteiger partial charge < -0.3 is 48.5 Å². The first-order valence-corrected chi connectivity index (χ1v) is 40.5. The molecular weight excluding hydrogens is 1560 g/mol. The third kappa shape index (κ3) is 16.1. The fraction of sp³-hybridized carbons (Fsp3) is 0.278. The number of rotatable bonds is 26. The van der Waals surface area contributed by atoms with E-state index in [1.807, 2.05) is 204 Å². The monoisotopic (exact) mass is 1650 g/mol. The lowest BCUT2D eigenvalue weighted by molar-refractivity contribution is -0.139. The summed E-state index contributed by atoms with van der Waals surface area (Å²) in [7, 11) is 0. The van der Waals surface area contributed by atoms with Crippen molar-refractivity contribution in [2.75, 3.05) is 37.9 Å². The van der Waals surface area contributed by atoms with E-state index in [-0.39, 0.29) is 52.9 Å². The lowest BCUT2D eigenvalue weighted by atomic mass is 9.84. The molecule has 0 bridgehead atoms. The number of aryl methyl sites for hydroxylation is 1. The average Bonchev–Trinajstić information content (AvgIpc) is 1.54. The molecule has 0 saturated carbocycles.